The molecule has 0 aliphatic carbocycles. The zero-order chi connectivity index (χ0) is 23.4. The first-order valence-corrected chi connectivity index (χ1v) is 10.3. The highest BCUT2D eigenvalue weighted by Crippen LogP contribution is 2.35. The Morgan fingerprint density at radius 2 is 2.03 bits per heavy atom. The third kappa shape index (κ3) is 4.47. The van der Waals surface area contributed by atoms with Crippen LogP contribution in [0.25, 0.3) is 22.3 Å². The molecule has 0 bridgehead atoms. The van der Waals surface area contributed by atoms with E-state index >= 15 is 0 Å². The van der Waals surface area contributed by atoms with E-state index in [0.29, 0.717) is 47.7 Å². The summed E-state index contributed by atoms with van der Waals surface area (Å²) < 4.78 is 6.82. The molecule has 2 aromatic heterocycles. The van der Waals surface area contributed by atoms with Crippen molar-refractivity contribution in [2.24, 2.45) is 0 Å². The molecule has 1 amide bonds. The first kappa shape index (κ1) is 21.8. The van der Waals surface area contributed by atoms with Gasteiger partial charge >= 0.3 is 0 Å². The number of fused-ring (bicyclic) bond motifs is 1. The summed E-state index contributed by atoms with van der Waals surface area (Å²) >= 11 is 0. The van der Waals surface area contributed by atoms with E-state index in [1.54, 1.807) is 27.8 Å². The number of nitrogens with zero attached hydrogens (tertiary/aromatic N) is 5. The van der Waals surface area contributed by atoms with Crippen LogP contribution >= 0.6 is 0 Å². The summed E-state index contributed by atoms with van der Waals surface area (Å²) in [7, 11) is 1.48. The monoisotopic (exact) mass is 444 g/mol. The second-order valence-electron chi connectivity index (χ2n) is 7.37. The van der Waals surface area contributed by atoms with Crippen LogP contribution in [0.2, 0.25) is 0 Å². The summed E-state index contributed by atoms with van der Waals surface area (Å²) in [5.74, 6) is 0.439. The number of methoxy groups -OCH3 is 1. The van der Waals surface area contributed by atoms with Crippen molar-refractivity contribution >= 4 is 22.8 Å². The van der Waals surface area contributed by atoms with Crippen molar-refractivity contribution in [2.45, 2.75) is 13.1 Å². The van der Waals surface area contributed by atoms with E-state index in [4.69, 9.17) is 15.6 Å². The maximum Gasteiger partial charge on any atom is 0.246 e. The zero-order valence-electron chi connectivity index (χ0n) is 18.2. The lowest BCUT2D eigenvalue weighted by molar-refractivity contribution is -0.126. The molecule has 0 fully saturated rings. The fraction of sp³-hybridized carbons (Fsp3) is 0.167. The number of nitrogens with two attached hydrogens (primary N) is 1. The summed E-state index contributed by atoms with van der Waals surface area (Å²) in [5.41, 5.74) is 8.89. The second kappa shape index (κ2) is 9.39. The summed E-state index contributed by atoms with van der Waals surface area (Å²) in [6.07, 6.45) is 2.68. The van der Waals surface area contributed by atoms with Crippen LogP contribution < -0.4 is 10.5 Å². The van der Waals surface area contributed by atoms with Crippen LogP contribution in [0.4, 0.5) is 5.82 Å². The van der Waals surface area contributed by atoms with E-state index in [1.165, 1.54) is 19.5 Å². The average molecular weight is 444 g/mol. The van der Waals surface area contributed by atoms with Crippen LogP contribution in [-0.4, -0.2) is 49.3 Å². The fourth-order valence-electron chi connectivity index (χ4n) is 3.64. The van der Waals surface area contributed by atoms with Gasteiger partial charge < -0.3 is 20.5 Å². The molecule has 0 aliphatic heterocycles. The zero-order valence-corrected chi connectivity index (χ0v) is 18.2. The molecule has 0 saturated carbocycles. The Labute approximate surface area is 190 Å². The topological polar surface area (TPSA) is 119 Å². The number of rotatable bonds is 8. The van der Waals surface area contributed by atoms with Crippen LogP contribution in [0.5, 0.6) is 11.5 Å². The van der Waals surface area contributed by atoms with Crippen LogP contribution in [0, 0.1) is 0 Å². The summed E-state index contributed by atoms with van der Waals surface area (Å²) in [4.78, 5) is 22.6. The van der Waals surface area contributed by atoms with Crippen molar-refractivity contribution in [3.63, 3.8) is 0 Å². The van der Waals surface area contributed by atoms with Crippen LogP contribution in [0.15, 0.2) is 67.5 Å². The second-order valence-corrected chi connectivity index (χ2v) is 7.37. The van der Waals surface area contributed by atoms with Crippen LogP contribution in [0.1, 0.15) is 5.56 Å². The first-order valence-electron chi connectivity index (χ1n) is 10.3. The van der Waals surface area contributed by atoms with Gasteiger partial charge in [0.1, 0.15) is 17.8 Å². The molecule has 0 radical (unpaired) electrons. The molecule has 2 heterocycles. The molecule has 3 N–H and O–H groups in total. The van der Waals surface area contributed by atoms with Gasteiger partial charge in [0, 0.05) is 18.7 Å². The van der Waals surface area contributed by atoms with Gasteiger partial charge in [-0.15, -0.1) is 0 Å². The number of carbonyl (C=O) groups excluding carboxylic acids is 1. The van der Waals surface area contributed by atoms with Gasteiger partial charge in [-0.1, -0.05) is 36.9 Å². The maximum absolute atomic E-state index is 12.5. The standard InChI is InChI=1S/C24H24N6O3/c1-3-20(32)29(14-16-7-5-4-6-8-16)11-12-30-24-21(23(25)26-15-27-24)22(28-30)17-9-10-19(33-2)18(31)13-17/h3-10,13,15,31H,1,11-12,14H2,2H3,(H2,25,26,27). The molecular weight excluding hydrogens is 420 g/mol. The van der Waals surface area contributed by atoms with Gasteiger partial charge in [-0.2, -0.15) is 5.10 Å². The van der Waals surface area contributed by atoms with E-state index in [2.05, 4.69) is 16.5 Å². The van der Waals surface area contributed by atoms with Gasteiger partial charge in [-0.3, -0.25) is 4.79 Å². The van der Waals surface area contributed by atoms with Gasteiger partial charge in [0.05, 0.1) is 19.0 Å². The Morgan fingerprint density at radius 1 is 1.24 bits per heavy atom. The number of nitrogen functional groups attached to an aromatic ring is 1. The van der Waals surface area contributed by atoms with Crippen molar-refractivity contribution in [3.05, 3.63) is 73.1 Å². The molecule has 0 atom stereocenters. The average Bonchev–Trinajstić information content (AvgIpc) is 3.21. The van der Waals surface area contributed by atoms with Crippen LogP contribution in [-0.2, 0) is 17.9 Å². The minimum Gasteiger partial charge on any atom is -0.504 e. The van der Waals surface area contributed by atoms with Gasteiger partial charge in [0.2, 0.25) is 5.91 Å². The number of hydrogen-bond acceptors (Lipinski definition) is 7. The van der Waals surface area contributed by atoms with Crippen LogP contribution in [0.3, 0.4) is 0 Å². The van der Waals surface area contributed by atoms with Crippen molar-refractivity contribution < 1.29 is 14.6 Å². The van der Waals surface area contributed by atoms with Crippen molar-refractivity contribution in [1.82, 2.24) is 24.6 Å². The van der Waals surface area contributed by atoms with E-state index in [-0.39, 0.29) is 17.5 Å². The molecule has 4 aromatic rings. The number of phenols is 1. The number of ether oxygens (including phenoxy) is 1. The fourth-order valence-corrected chi connectivity index (χ4v) is 3.64. The largest absolute Gasteiger partial charge is 0.504 e. The Hall–Kier alpha value is -4.40. The number of aromatic hydroxyl groups is 1. The molecule has 4 rings (SSSR count). The predicted octanol–water partition coefficient (Wildman–Crippen LogP) is 3.00. The van der Waals surface area contributed by atoms with Gasteiger partial charge in [0.25, 0.3) is 0 Å². The number of anilines is 1. The maximum atomic E-state index is 12.5. The number of benzene rings is 2. The van der Waals surface area contributed by atoms with E-state index < -0.39 is 0 Å². The Bertz CT molecular complexity index is 1300. The van der Waals surface area contributed by atoms with Gasteiger partial charge in [-0.25, -0.2) is 14.6 Å². The third-order valence-electron chi connectivity index (χ3n) is 5.30. The van der Waals surface area contributed by atoms with Crippen molar-refractivity contribution in [3.8, 4) is 22.8 Å². The van der Waals surface area contributed by atoms with Gasteiger partial charge in [-0.05, 0) is 29.8 Å². The first-order chi connectivity index (χ1) is 16.0. The number of amides is 1. The molecule has 0 spiro atoms. The molecule has 0 aliphatic rings. The van der Waals surface area contributed by atoms with Crippen molar-refractivity contribution in [2.75, 3.05) is 19.4 Å². The summed E-state index contributed by atoms with van der Waals surface area (Å²) in [6, 6.07) is 14.7. The Morgan fingerprint density at radius 3 is 2.73 bits per heavy atom. The van der Waals surface area contributed by atoms with E-state index in [9.17, 15) is 9.90 Å². The normalized spacial score (nSPS) is 10.8. The smallest absolute Gasteiger partial charge is 0.246 e. The predicted molar refractivity (Wildman–Crippen MR) is 125 cm³/mol. The van der Waals surface area contributed by atoms with Crippen molar-refractivity contribution in [1.29, 1.82) is 0 Å². The SMILES string of the molecule is C=CC(=O)N(CCn1nc(-c2ccc(OC)c(O)c2)c2c(N)ncnc21)Cc1ccccc1. The molecule has 168 valence electrons. The van der Waals surface area contributed by atoms with Gasteiger partial charge in [0.15, 0.2) is 17.1 Å². The lowest BCUT2D eigenvalue weighted by atomic mass is 10.1. The van der Waals surface area contributed by atoms with E-state index in [0.717, 1.165) is 5.56 Å². The lowest BCUT2D eigenvalue weighted by Gasteiger charge is -2.21. The number of hydrogen-bond donors (Lipinski definition) is 2. The summed E-state index contributed by atoms with van der Waals surface area (Å²) in [5, 5.41) is 15.5. The highest BCUT2D eigenvalue weighted by atomic mass is 16.5. The van der Waals surface area contributed by atoms with E-state index in [1.807, 2.05) is 30.3 Å². The molecule has 0 unspecified atom stereocenters. The number of phenolic OH excluding ortho intramolecular Hbond substituents is 1. The third-order valence-corrected chi connectivity index (χ3v) is 5.30. The molecule has 9 nitrogen and oxygen atoms in total. The molecule has 0 saturated heterocycles. The molecule has 2 aromatic carbocycles. The number of aromatic nitrogens is 4. The molecular formula is C24H24N6O3. The quantitative estimate of drug-likeness (QED) is 0.401. The Kier molecular flexibility index (Phi) is 6.21. The Balaban J connectivity index is 1.68. The highest BCUT2D eigenvalue weighted by Gasteiger charge is 2.19. The lowest BCUT2D eigenvalue weighted by Crippen LogP contribution is -2.32. The molecule has 33 heavy (non-hydrogen) atoms. The summed E-state index contributed by atoms with van der Waals surface area (Å²) in [6.45, 7) is 4.83. The highest BCUT2D eigenvalue weighted by molar-refractivity contribution is 5.98. The molecule has 9 heteroatoms. The number of carbonyl (C=O) groups is 1. The minimum atomic E-state index is -0.176. The minimum absolute atomic E-state index is 0.0151.